The molecule has 3 nitrogen and oxygen atoms in total. The Kier molecular flexibility index (Phi) is 3.12. The molecule has 1 rings (SSSR count). The van der Waals surface area contributed by atoms with Gasteiger partial charge in [-0.3, -0.25) is 0 Å². The Labute approximate surface area is 61.2 Å². The van der Waals surface area contributed by atoms with E-state index in [0.717, 1.165) is 19.4 Å². The molecule has 3 N–H and O–H groups in total. The molecule has 0 amide bonds. The fraction of sp³-hybridized carbons (Fsp3) is 1.00. The van der Waals surface area contributed by atoms with E-state index in [2.05, 4.69) is 0 Å². The van der Waals surface area contributed by atoms with Gasteiger partial charge in [0.2, 0.25) is 0 Å². The smallest absolute Gasteiger partial charge is 0.0712 e. The first-order valence-electron chi connectivity index (χ1n) is 3.80. The van der Waals surface area contributed by atoms with Crippen molar-refractivity contribution >= 4 is 0 Å². The number of aliphatic hydroxyl groups is 1. The minimum atomic E-state index is -0.361. The quantitative estimate of drug-likeness (QED) is 0.562. The molecule has 60 valence electrons. The van der Waals surface area contributed by atoms with Crippen LogP contribution >= 0.6 is 0 Å². The van der Waals surface area contributed by atoms with E-state index in [4.69, 9.17) is 10.5 Å². The molecule has 0 radical (unpaired) electrons. The van der Waals surface area contributed by atoms with Crippen molar-refractivity contribution in [2.45, 2.75) is 18.9 Å². The van der Waals surface area contributed by atoms with Gasteiger partial charge in [-0.2, -0.15) is 0 Å². The predicted octanol–water partition coefficient (Wildman–Crippen LogP) is -0.267. The summed E-state index contributed by atoms with van der Waals surface area (Å²) < 4.78 is 5.19. The van der Waals surface area contributed by atoms with Crippen LogP contribution in [0.3, 0.4) is 0 Å². The third-order valence-electron chi connectivity index (χ3n) is 1.98. The summed E-state index contributed by atoms with van der Waals surface area (Å²) in [6.07, 6.45) is 1.75. The van der Waals surface area contributed by atoms with Crippen LogP contribution in [0.1, 0.15) is 12.8 Å². The Morgan fingerprint density at radius 3 is 3.00 bits per heavy atom. The van der Waals surface area contributed by atoms with Crippen LogP contribution in [-0.4, -0.2) is 31.0 Å². The number of rotatable bonds is 2. The van der Waals surface area contributed by atoms with Crippen LogP contribution in [0.5, 0.6) is 0 Å². The van der Waals surface area contributed by atoms with Gasteiger partial charge in [-0.15, -0.1) is 0 Å². The van der Waals surface area contributed by atoms with Crippen molar-refractivity contribution in [2.75, 3.05) is 19.8 Å². The lowest BCUT2D eigenvalue weighted by Gasteiger charge is -2.25. The summed E-state index contributed by atoms with van der Waals surface area (Å²) in [5.74, 6) is 0.277. The normalized spacial score (nSPS) is 30.0. The predicted molar refractivity (Wildman–Crippen MR) is 38.6 cm³/mol. The topological polar surface area (TPSA) is 55.5 Å². The Balaban J connectivity index is 2.24. The zero-order valence-electron chi connectivity index (χ0n) is 6.12. The molecule has 0 aliphatic carbocycles. The monoisotopic (exact) mass is 145 g/mol. The second-order valence-corrected chi connectivity index (χ2v) is 2.78. The van der Waals surface area contributed by atoms with Gasteiger partial charge in [-0.1, -0.05) is 0 Å². The SMILES string of the molecule is NC[C@@H](O)[C@H]1CCCOC1. The molecular weight excluding hydrogens is 130 g/mol. The maximum Gasteiger partial charge on any atom is 0.0712 e. The molecular formula is C7H15NO2. The van der Waals surface area contributed by atoms with Crippen LogP contribution in [0.4, 0.5) is 0 Å². The van der Waals surface area contributed by atoms with Gasteiger partial charge in [0, 0.05) is 19.1 Å². The summed E-state index contributed by atoms with van der Waals surface area (Å²) in [5.41, 5.74) is 5.30. The van der Waals surface area contributed by atoms with Gasteiger partial charge in [0.15, 0.2) is 0 Å². The fourth-order valence-electron chi connectivity index (χ4n) is 1.26. The zero-order chi connectivity index (χ0) is 7.40. The molecule has 0 unspecified atom stereocenters. The van der Waals surface area contributed by atoms with E-state index in [1.54, 1.807) is 0 Å². The molecule has 0 saturated carbocycles. The van der Waals surface area contributed by atoms with E-state index in [0.29, 0.717) is 13.2 Å². The van der Waals surface area contributed by atoms with E-state index in [1.807, 2.05) is 0 Å². The van der Waals surface area contributed by atoms with E-state index in [-0.39, 0.29) is 12.0 Å². The van der Waals surface area contributed by atoms with Crippen molar-refractivity contribution in [3.05, 3.63) is 0 Å². The number of hydrogen-bond acceptors (Lipinski definition) is 3. The highest BCUT2D eigenvalue weighted by Gasteiger charge is 2.20. The molecule has 2 atom stereocenters. The Morgan fingerprint density at radius 2 is 2.50 bits per heavy atom. The van der Waals surface area contributed by atoms with Gasteiger partial charge in [0.05, 0.1) is 12.7 Å². The summed E-state index contributed by atoms with van der Waals surface area (Å²) in [4.78, 5) is 0. The standard InChI is InChI=1S/C7H15NO2/c8-4-7(9)6-2-1-3-10-5-6/h6-7,9H,1-5,8H2/t6-,7+/m0/s1. The maximum atomic E-state index is 9.28. The van der Waals surface area contributed by atoms with Gasteiger partial charge in [-0.05, 0) is 12.8 Å². The highest BCUT2D eigenvalue weighted by Crippen LogP contribution is 2.16. The first-order chi connectivity index (χ1) is 4.84. The summed E-state index contributed by atoms with van der Waals surface area (Å²) in [7, 11) is 0. The third-order valence-corrected chi connectivity index (χ3v) is 1.98. The first-order valence-corrected chi connectivity index (χ1v) is 3.80. The summed E-state index contributed by atoms with van der Waals surface area (Å²) in [6.45, 7) is 1.88. The molecule has 3 heteroatoms. The van der Waals surface area contributed by atoms with Gasteiger partial charge in [0.25, 0.3) is 0 Å². The molecule has 0 spiro atoms. The van der Waals surface area contributed by atoms with E-state index < -0.39 is 0 Å². The van der Waals surface area contributed by atoms with Crippen LogP contribution < -0.4 is 5.73 Å². The molecule has 1 aliphatic heterocycles. The van der Waals surface area contributed by atoms with E-state index in [1.165, 1.54) is 0 Å². The van der Waals surface area contributed by atoms with E-state index >= 15 is 0 Å². The lowest BCUT2D eigenvalue weighted by Crippen LogP contribution is -2.34. The van der Waals surface area contributed by atoms with Crippen molar-refractivity contribution in [1.82, 2.24) is 0 Å². The summed E-state index contributed by atoms with van der Waals surface area (Å²) >= 11 is 0. The second-order valence-electron chi connectivity index (χ2n) is 2.78. The van der Waals surface area contributed by atoms with Crippen LogP contribution in [-0.2, 0) is 4.74 Å². The molecule has 0 aromatic heterocycles. The minimum absolute atomic E-state index is 0.277. The lowest BCUT2D eigenvalue weighted by atomic mass is 9.96. The number of aliphatic hydroxyl groups excluding tert-OH is 1. The van der Waals surface area contributed by atoms with Gasteiger partial charge in [-0.25, -0.2) is 0 Å². The van der Waals surface area contributed by atoms with Crippen LogP contribution in [0.15, 0.2) is 0 Å². The average molecular weight is 145 g/mol. The molecule has 0 aromatic carbocycles. The highest BCUT2D eigenvalue weighted by molar-refractivity contribution is 4.71. The zero-order valence-corrected chi connectivity index (χ0v) is 6.12. The third kappa shape index (κ3) is 1.94. The summed E-state index contributed by atoms with van der Waals surface area (Å²) in [5, 5.41) is 9.28. The number of hydrogen-bond donors (Lipinski definition) is 2. The molecule has 1 fully saturated rings. The Bertz CT molecular complexity index is 91.6. The molecule has 1 aliphatic rings. The largest absolute Gasteiger partial charge is 0.391 e. The van der Waals surface area contributed by atoms with Gasteiger partial charge >= 0.3 is 0 Å². The van der Waals surface area contributed by atoms with Crippen molar-refractivity contribution in [3.8, 4) is 0 Å². The van der Waals surface area contributed by atoms with Gasteiger partial charge in [0.1, 0.15) is 0 Å². The lowest BCUT2D eigenvalue weighted by molar-refractivity contribution is -0.00526. The molecule has 10 heavy (non-hydrogen) atoms. The molecule has 0 aromatic rings. The van der Waals surface area contributed by atoms with Crippen molar-refractivity contribution in [1.29, 1.82) is 0 Å². The van der Waals surface area contributed by atoms with Crippen molar-refractivity contribution in [3.63, 3.8) is 0 Å². The molecule has 1 heterocycles. The Hall–Kier alpha value is -0.120. The molecule has 0 bridgehead atoms. The van der Waals surface area contributed by atoms with Gasteiger partial charge < -0.3 is 15.6 Å². The maximum absolute atomic E-state index is 9.28. The van der Waals surface area contributed by atoms with Crippen LogP contribution in [0, 0.1) is 5.92 Å². The van der Waals surface area contributed by atoms with Crippen LogP contribution in [0.2, 0.25) is 0 Å². The Morgan fingerprint density at radius 1 is 1.70 bits per heavy atom. The number of ether oxygens (including phenoxy) is 1. The molecule has 1 saturated heterocycles. The van der Waals surface area contributed by atoms with Crippen molar-refractivity contribution < 1.29 is 9.84 Å². The van der Waals surface area contributed by atoms with Crippen molar-refractivity contribution in [2.24, 2.45) is 11.7 Å². The fourth-order valence-corrected chi connectivity index (χ4v) is 1.26. The van der Waals surface area contributed by atoms with E-state index in [9.17, 15) is 5.11 Å². The number of nitrogens with two attached hydrogens (primary N) is 1. The highest BCUT2D eigenvalue weighted by atomic mass is 16.5. The minimum Gasteiger partial charge on any atom is -0.391 e. The second kappa shape index (κ2) is 3.91. The average Bonchev–Trinajstić information content (AvgIpc) is 2.05. The first kappa shape index (κ1) is 7.98. The van der Waals surface area contributed by atoms with Crippen LogP contribution in [0.25, 0.3) is 0 Å². The summed E-state index contributed by atoms with van der Waals surface area (Å²) in [6, 6.07) is 0.